The van der Waals surface area contributed by atoms with Crippen molar-refractivity contribution in [2.45, 2.75) is 56.3 Å². The van der Waals surface area contributed by atoms with Gasteiger partial charge in [0.05, 0.1) is 12.1 Å². The van der Waals surface area contributed by atoms with Crippen LogP contribution < -0.4 is 5.32 Å². The molecule has 4 atom stereocenters. The summed E-state index contributed by atoms with van der Waals surface area (Å²) >= 11 is 0. The molecule has 0 unspecified atom stereocenters. The zero-order valence-electron chi connectivity index (χ0n) is 15.1. The number of fused-ring (bicyclic) bond motifs is 2. The van der Waals surface area contributed by atoms with E-state index in [1.54, 1.807) is 0 Å². The number of carbonyl (C=O) groups is 1. The third-order valence-corrected chi connectivity index (χ3v) is 6.21. The number of urea groups is 1. The van der Waals surface area contributed by atoms with E-state index in [1.165, 1.54) is 12.8 Å². The lowest BCUT2D eigenvalue weighted by Gasteiger charge is -2.30. The summed E-state index contributed by atoms with van der Waals surface area (Å²) in [5.41, 5.74) is 1.14. The lowest BCUT2D eigenvalue weighted by molar-refractivity contribution is 0.0776. The van der Waals surface area contributed by atoms with Crippen molar-refractivity contribution in [3.8, 4) is 0 Å². The third kappa shape index (κ3) is 3.53. The van der Waals surface area contributed by atoms with Gasteiger partial charge < -0.3 is 15.0 Å². The van der Waals surface area contributed by atoms with E-state index >= 15 is 0 Å². The molecule has 5 nitrogen and oxygen atoms in total. The fourth-order valence-corrected chi connectivity index (χ4v) is 4.63. The van der Waals surface area contributed by atoms with Crippen molar-refractivity contribution in [2.75, 3.05) is 26.7 Å². The predicted molar refractivity (Wildman–Crippen MR) is 97.5 cm³/mol. The number of likely N-dealkylation sites (tertiary alicyclic amines) is 1. The van der Waals surface area contributed by atoms with Crippen LogP contribution in [0.2, 0.25) is 0 Å². The summed E-state index contributed by atoms with van der Waals surface area (Å²) < 4.78 is 5.91. The number of likely N-dealkylation sites (N-methyl/N-ethyl adjacent to an activating group) is 1. The second-order valence-electron chi connectivity index (χ2n) is 7.67. The highest BCUT2D eigenvalue weighted by atomic mass is 16.5. The molecule has 0 aromatic heterocycles. The predicted octanol–water partition coefficient (Wildman–Crippen LogP) is 2.78. The molecule has 3 aliphatic rings. The first-order valence-corrected chi connectivity index (χ1v) is 9.66. The number of amides is 2. The first-order valence-electron chi connectivity index (χ1n) is 9.66. The summed E-state index contributed by atoms with van der Waals surface area (Å²) in [6.07, 6.45) is 5.72. The van der Waals surface area contributed by atoms with E-state index in [0.29, 0.717) is 12.1 Å². The molecule has 1 N–H and O–H groups in total. The van der Waals surface area contributed by atoms with E-state index in [9.17, 15) is 4.79 Å². The van der Waals surface area contributed by atoms with Crippen LogP contribution in [-0.2, 0) is 4.74 Å². The van der Waals surface area contributed by atoms with Gasteiger partial charge in [-0.1, -0.05) is 30.3 Å². The van der Waals surface area contributed by atoms with Crippen LogP contribution in [0.5, 0.6) is 0 Å². The van der Waals surface area contributed by atoms with Crippen LogP contribution in [0.3, 0.4) is 0 Å². The monoisotopic (exact) mass is 343 g/mol. The van der Waals surface area contributed by atoms with Crippen molar-refractivity contribution < 1.29 is 9.53 Å². The maximum atomic E-state index is 13.0. The summed E-state index contributed by atoms with van der Waals surface area (Å²) in [4.78, 5) is 17.5. The maximum absolute atomic E-state index is 13.0. The van der Waals surface area contributed by atoms with Gasteiger partial charge in [0.1, 0.15) is 0 Å². The van der Waals surface area contributed by atoms with Gasteiger partial charge in [0, 0.05) is 31.8 Å². The van der Waals surface area contributed by atoms with Crippen LogP contribution in [0.25, 0.3) is 0 Å². The Hall–Kier alpha value is -1.59. The average Bonchev–Trinajstić information content (AvgIpc) is 3.22. The first-order chi connectivity index (χ1) is 12.2. The SMILES string of the molecule is CN1[C@H]2CC[C@H]1CN(C(=O)N[C@@H](c1ccccc1)[C@H]1CCCO1)CC2. The Kier molecular flexibility index (Phi) is 4.95. The quantitative estimate of drug-likeness (QED) is 0.918. The normalized spacial score (nSPS) is 30.9. The smallest absolute Gasteiger partial charge is 0.318 e. The van der Waals surface area contributed by atoms with Crippen LogP contribution in [0, 0.1) is 0 Å². The summed E-state index contributed by atoms with van der Waals surface area (Å²) in [7, 11) is 2.21. The number of hydrogen-bond acceptors (Lipinski definition) is 3. The summed E-state index contributed by atoms with van der Waals surface area (Å²) in [6, 6.07) is 11.4. The van der Waals surface area contributed by atoms with Crippen molar-refractivity contribution in [3.63, 3.8) is 0 Å². The van der Waals surface area contributed by atoms with E-state index < -0.39 is 0 Å². The summed E-state index contributed by atoms with van der Waals surface area (Å²) in [6.45, 7) is 2.48. The Morgan fingerprint density at radius 2 is 1.96 bits per heavy atom. The molecule has 0 radical (unpaired) electrons. The van der Waals surface area contributed by atoms with Gasteiger partial charge in [0.15, 0.2) is 0 Å². The standard InChI is InChI=1S/C20H29N3O2/c1-22-16-9-10-17(22)14-23(12-11-16)20(24)21-19(18-8-5-13-25-18)15-6-3-2-4-7-15/h2-4,6-7,16-19H,5,8-14H2,1H3,(H,21,24)/t16-,17-,18+,19-/m0/s1. The fraction of sp³-hybridized carbons (Fsp3) is 0.650. The number of carbonyl (C=O) groups excluding carboxylic acids is 1. The minimum Gasteiger partial charge on any atom is -0.376 e. The Morgan fingerprint density at radius 1 is 1.16 bits per heavy atom. The number of hydrogen-bond donors (Lipinski definition) is 1. The Labute approximate surface area is 150 Å². The van der Waals surface area contributed by atoms with Gasteiger partial charge in [-0.15, -0.1) is 0 Å². The van der Waals surface area contributed by atoms with Crippen LogP contribution in [0.15, 0.2) is 30.3 Å². The molecule has 0 saturated carbocycles. The Morgan fingerprint density at radius 3 is 2.72 bits per heavy atom. The lowest BCUT2D eigenvalue weighted by Crippen LogP contribution is -2.47. The molecule has 5 heteroatoms. The molecule has 3 fully saturated rings. The van der Waals surface area contributed by atoms with E-state index in [4.69, 9.17) is 4.74 Å². The van der Waals surface area contributed by atoms with E-state index in [0.717, 1.165) is 44.5 Å². The molecule has 2 amide bonds. The minimum absolute atomic E-state index is 0.0605. The second-order valence-corrected chi connectivity index (χ2v) is 7.67. The van der Waals surface area contributed by atoms with Crippen molar-refractivity contribution >= 4 is 6.03 Å². The highest BCUT2D eigenvalue weighted by Crippen LogP contribution is 2.30. The van der Waals surface area contributed by atoms with Crippen molar-refractivity contribution in [3.05, 3.63) is 35.9 Å². The van der Waals surface area contributed by atoms with Gasteiger partial charge in [-0.25, -0.2) is 4.79 Å². The number of rotatable bonds is 3. The number of nitrogens with zero attached hydrogens (tertiary/aromatic N) is 2. The highest BCUT2D eigenvalue weighted by Gasteiger charge is 2.37. The molecule has 0 aliphatic carbocycles. The van der Waals surface area contributed by atoms with E-state index in [-0.39, 0.29) is 18.2 Å². The molecule has 1 aromatic rings. The van der Waals surface area contributed by atoms with E-state index in [2.05, 4.69) is 29.4 Å². The molecule has 3 saturated heterocycles. The fourth-order valence-electron chi connectivity index (χ4n) is 4.63. The number of ether oxygens (including phenoxy) is 1. The topological polar surface area (TPSA) is 44.8 Å². The molecule has 1 aromatic carbocycles. The van der Waals surface area contributed by atoms with Gasteiger partial charge in [-0.05, 0) is 44.7 Å². The minimum atomic E-state index is -0.0608. The maximum Gasteiger partial charge on any atom is 0.318 e. The van der Waals surface area contributed by atoms with Crippen LogP contribution in [-0.4, -0.2) is 60.8 Å². The molecule has 4 rings (SSSR count). The number of benzene rings is 1. The molecular weight excluding hydrogens is 314 g/mol. The molecule has 3 aliphatic heterocycles. The number of nitrogens with one attached hydrogen (secondary N) is 1. The first kappa shape index (κ1) is 16.9. The second kappa shape index (κ2) is 7.34. The Bertz CT molecular complexity index is 588. The third-order valence-electron chi connectivity index (χ3n) is 6.21. The van der Waals surface area contributed by atoms with Crippen LogP contribution in [0.1, 0.15) is 43.7 Å². The van der Waals surface area contributed by atoms with Crippen molar-refractivity contribution in [2.24, 2.45) is 0 Å². The lowest BCUT2D eigenvalue weighted by atomic mass is 9.99. The summed E-state index contributed by atoms with van der Waals surface area (Å²) in [5.74, 6) is 0. The van der Waals surface area contributed by atoms with Gasteiger partial charge in [0.2, 0.25) is 0 Å². The van der Waals surface area contributed by atoms with E-state index in [1.807, 2.05) is 23.1 Å². The van der Waals surface area contributed by atoms with Crippen molar-refractivity contribution in [1.29, 1.82) is 0 Å². The summed E-state index contributed by atoms with van der Waals surface area (Å²) in [5, 5.41) is 3.29. The average molecular weight is 343 g/mol. The van der Waals surface area contributed by atoms with Crippen LogP contribution in [0.4, 0.5) is 4.79 Å². The van der Waals surface area contributed by atoms with Crippen molar-refractivity contribution in [1.82, 2.24) is 15.1 Å². The molecule has 136 valence electrons. The zero-order chi connectivity index (χ0) is 17.2. The van der Waals surface area contributed by atoms with Gasteiger partial charge >= 0.3 is 6.03 Å². The van der Waals surface area contributed by atoms with Gasteiger partial charge in [-0.2, -0.15) is 0 Å². The van der Waals surface area contributed by atoms with Crippen LogP contribution >= 0.6 is 0 Å². The molecule has 2 bridgehead atoms. The molecule has 25 heavy (non-hydrogen) atoms. The molecule has 0 spiro atoms. The highest BCUT2D eigenvalue weighted by molar-refractivity contribution is 5.75. The Balaban J connectivity index is 1.47. The largest absolute Gasteiger partial charge is 0.376 e. The molecule has 3 heterocycles. The van der Waals surface area contributed by atoms with Gasteiger partial charge in [0.25, 0.3) is 0 Å². The zero-order valence-corrected chi connectivity index (χ0v) is 15.1. The molecular formula is C20H29N3O2. The van der Waals surface area contributed by atoms with Gasteiger partial charge in [-0.3, -0.25) is 4.90 Å².